The van der Waals surface area contributed by atoms with Crippen molar-refractivity contribution in [2.45, 2.75) is 6.54 Å². The Morgan fingerprint density at radius 2 is 1.43 bits per heavy atom. The van der Waals surface area contributed by atoms with Crippen molar-refractivity contribution in [3.05, 3.63) is 65.2 Å². The Hall–Kier alpha value is -2.24. The first-order valence-corrected chi connectivity index (χ1v) is 10.4. The number of nitrogens with zero attached hydrogens (tertiary/aromatic N) is 4. The van der Waals surface area contributed by atoms with Crippen molar-refractivity contribution in [3.8, 4) is 0 Å². The van der Waals surface area contributed by atoms with Crippen molar-refractivity contribution in [3.63, 3.8) is 0 Å². The van der Waals surface area contributed by atoms with E-state index in [9.17, 15) is 4.79 Å². The SMILES string of the molecule is O=C(N1CCN(Cc2ccccc2)CC1)N1CCN(c2cccc(Cl)c2)CC1. The Bertz CT molecular complexity index is 784. The van der Waals surface area contributed by atoms with Gasteiger partial charge in [-0.2, -0.15) is 0 Å². The number of hydrogen-bond donors (Lipinski definition) is 0. The molecule has 2 aliphatic heterocycles. The highest BCUT2D eigenvalue weighted by Crippen LogP contribution is 2.21. The Labute approximate surface area is 172 Å². The highest BCUT2D eigenvalue weighted by molar-refractivity contribution is 6.30. The van der Waals surface area contributed by atoms with E-state index in [0.717, 1.165) is 69.6 Å². The number of rotatable bonds is 3. The van der Waals surface area contributed by atoms with Crippen LogP contribution < -0.4 is 4.90 Å². The number of amides is 2. The Balaban J connectivity index is 1.25. The molecule has 0 spiro atoms. The first-order chi connectivity index (χ1) is 13.7. The molecule has 2 saturated heterocycles. The number of carbonyl (C=O) groups excluding carboxylic acids is 1. The molecule has 28 heavy (non-hydrogen) atoms. The van der Waals surface area contributed by atoms with E-state index in [1.54, 1.807) is 0 Å². The van der Waals surface area contributed by atoms with Crippen LogP contribution in [0.4, 0.5) is 10.5 Å². The molecule has 2 aromatic rings. The van der Waals surface area contributed by atoms with Crippen LogP contribution >= 0.6 is 11.6 Å². The molecule has 2 heterocycles. The van der Waals surface area contributed by atoms with E-state index in [0.29, 0.717) is 0 Å². The summed E-state index contributed by atoms with van der Waals surface area (Å²) in [6.07, 6.45) is 0. The molecule has 5 nitrogen and oxygen atoms in total. The quantitative estimate of drug-likeness (QED) is 0.793. The lowest BCUT2D eigenvalue weighted by Gasteiger charge is -2.41. The second kappa shape index (κ2) is 8.84. The standard InChI is InChI=1S/C22H27ClN4O/c23-20-7-4-8-21(17-20)25-13-15-27(16-14-25)22(28)26-11-9-24(10-12-26)18-19-5-2-1-3-6-19/h1-8,17H,9-16,18H2. The fraction of sp³-hybridized carbons (Fsp3) is 0.409. The van der Waals surface area contributed by atoms with E-state index in [-0.39, 0.29) is 6.03 Å². The molecule has 0 radical (unpaired) electrons. The predicted octanol–water partition coefficient (Wildman–Crippen LogP) is 3.40. The molecule has 6 heteroatoms. The van der Waals surface area contributed by atoms with Gasteiger partial charge in [0.25, 0.3) is 0 Å². The molecule has 4 rings (SSSR count). The summed E-state index contributed by atoms with van der Waals surface area (Å²) in [6.45, 7) is 7.65. The van der Waals surface area contributed by atoms with Gasteiger partial charge in [0, 0.05) is 69.6 Å². The van der Waals surface area contributed by atoms with Gasteiger partial charge in [-0.3, -0.25) is 4.90 Å². The summed E-state index contributed by atoms with van der Waals surface area (Å²) in [5.41, 5.74) is 2.47. The van der Waals surface area contributed by atoms with Gasteiger partial charge in [0.2, 0.25) is 0 Å². The van der Waals surface area contributed by atoms with Crippen LogP contribution in [0.2, 0.25) is 5.02 Å². The third kappa shape index (κ3) is 4.59. The van der Waals surface area contributed by atoms with Gasteiger partial charge in [-0.1, -0.05) is 48.0 Å². The third-order valence-corrected chi connectivity index (χ3v) is 5.85. The van der Waals surface area contributed by atoms with E-state index in [1.807, 2.05) is 34.1 Å². The van der Waals surface area contributed by atoms with Crippen molar-refractivity contribution < 1.29 is 4.79 Å². The fourth-order valence-corrected chi connectivity index (χ4v) is 4.15. The summed E-state index contributed by atoms with van der Waals surface area (Å²) in [5.74, 6) is 0. The second-order valence-corrected chi connectivity index (χ2v) is 7.92. The average Bonchev–Trinajstić information content (AvgIpc) is 2.75. The Kier molecular flexibility index (Phi) is 6.03. The minimum atomic E-state index is 0.185. The van der Waals surface area contributed by atoms with Gasteiger partial charge in [-0.05, 0) is 23.8 Å². The first kappa shape index (κ1) is 19.1. The lowest BCUT2D eigenvalue weighted by atomic mass is 10.2. The van der Waals surface area contributed by atoms with Crippen LogP contribution in [0.5, 0.6) is 0 Å². The van der Waals surface area contributed by atoms with E-state index in [1.165, 1.54) is 5.56 Å². The molecule has 2 aliphatic rings. The highest BCUT2D eigenvalue weighted by Gasteiger charge is 2.28. The summed E-state index contributed by atoms with van der Waals surface area (Å²) in [6, 6.07) is 18.7. The topological polar surface area (TPSA) is 30.0 Å². The number of carbonyl (C=O) groups is 1. The summed E-state index contributed by atoms with van der Waals surface area (Å²) in [7, 11) is 0. The minimum Gasteiger partial charge on any atom is -0.368 e. The lowest BCUT2D eigenvalue weighted by Crippen LogP contribution is -2.56. The predicted molar refractivity (Wildman–Crippen MR) is 114 cm³/mol. The third-order valence-electron chi connectivity index (χ3n) is 5.62. The molecule has 2 amide bonds. The number of benzene rings is 2. The molecule has 0 bridgehead atoms. The fourth-order valence-electron chi connectivity index (χ4n) is 3.97. The first-order valence-electron chi connectivity index (χ1n) is 10.00. The normalized spacial score (nSPS) is 18.4. The number of halogens is 1. The van der Waals surface area contributed by atoms with Crippen molar-refractivity contribution in [1.29, 1.82) is 0 Å². The molecule has 0 saturated carbocycles. The summed E-state index contributed by atoms with van der Waals surface area (Å²) < 4.78 is 0. The van der Waals surface area contributed by atoms with Crippen molar-refractivity contribution in [2.24, 2.45) is 0 Å². The molecule has 0 unspecified atom stereocenters. The van der Waals surface area contributed by atoms with Gasteiger partial charge in [-0.25, -0.2) is 4.79 Å². The molecular formula is C22H27ClN4O. The number of anilines is 1. The summed E-state index contributed by atoms with van der Waals surface area (Å²) in [5, 5.41) is 0.754. The van der Waals surface area contributed by atoms with Crippen LogP contribution in [-0.2, 0) is 6.54 Å². The maximum atomic E-state index is 12.9. The van der Waals surface area contributed by atoms with Gasteiger partial charge >= 0.3 is 6.03 Å². The second-order valence-electron chi connectivity index (χ2n) is 7.49. The lowest BCUT2D eigenvalue weighted by molar-refractivity contribution is 0.108. The van der Waals surface area contributed by atoms with Gasteiger partial charge < -0.3 is 14.7 Å². The number of piperazine rings is 2. The van der Waals surface area contributed by atoms with Crippen molar-refractivity contribution in [1.82, 2.24) is 14.7 Å². The van der Waals surface area contributed by atoms with Gasteiger partial charge in [0.15, 0.2) is 0 Å². The molecule has 148 valence electrons. The zero-order chi connectivity index (χ0) is 19.3. The van der Waals surface area contributed by atoms with E-state index >= 15 is 0 Å². The van der Waals surface area contributed by atoms with Crippen LogP contribution in [0.1, 0.15) is 5.56 Å². The van der Waals surface area contributed by atoms with Crippen LogP contribution in [0.25, 0.3) is 0 Å². The van der Waals surface area contributed by atoms with Gasteiger partial charge in [0.1, 0.15) is 0 Å². The molecule has 2 aromatic carbocycles. The van der Waals surface area contributed by atoms with Gasteiger partial charge in [0.05, 0.1) is 0 Å². The monoisotopic (exact) mass is 398 g/mol. The Morgan fingerprint density at radius 1 is 0.786 bits per heavy atom. The smallest absolute Gasteiger partial charge is 0.320 e. The van der Waals surface area contributed by atoms with Crippen LogP contribution in [0.3, 0.4) is 0 Å². The van der Waals surface area contributed by atoms with Crippen molar-refractivity contribution >= 4 is 23.3 Å². The van der Waals surface area contributed by atoms with Crippen LogP contribution in [0, 0.1) is 0 Å². The number of hydrogen-bond acceptors (Lipinski definition) is 3. The minimum absolute atomic E-state index is 0.185. The molecule has 2 fully saturated rings. The van der Waals surface area contributed by atoms with E-state index in [4.69, 9.17) is 11.6 Å². The molecule has 0 atom stereocenters. The van der Waals surface area contributed by atoms with E-state index in [2.05, 4.69) is 40.1 Å². The van der Waals surface area contributed by atoms with Crippen LogP contribution in [0.15, 0.2) is 54.6 Å². The number of urea groups is 1. The van der Waals surface area contributed by atoms with E-state index < -0.39 is 0 Å². The molecule has 0 N–H and O–H groups in total. The largest absolute Gasteiger partial charge is 0.368 e. The zero-order valence-corrected chi connectivity index (χ0v) is 16.9. The average molecular weight is 399 g/mol. The summed E-state index contributed by atoms with van der Waals surface area (Å²) in [4.78, 5) is 21.6. The molecule has 0 aromatic heterocycles. The highest BCUT2D eigenvalue weighted by atomic mass is 35.5. The Morgan fingerprint density at radius 3 is 2.07 bits per heavy atom. The van der Waals surface area contributed by atoms with Crippen LogP contribution in [-0.4, -0.2) is 73.1 Å². The summed E-state index contributed by atoms with van der Waals surface area (Å²) >= 11 is 6.11. The maximum absolute atomic E-state index is 12.9. The van der Waals surface area contributed by atoms with Gasteiger partial charge in [-0.15, -0.1) is 0 Å². The molecular weight excluding hydrogens is 372 g/mol. The maximum Gasteiger partial charge on any atom is 0.320 e. The molecule has 0 aliphatic carbocycles. The zero-order valence-electron chi connectivity index (χ0n) is 16.1. The van der Waals surface area contributed by atoms with Crippen molar-refractivity contribution in [2.75, 3.05) is 57.3 Å².